The number of methoxy groups -OCH3 is 1. The molecule has 30 heavy (non-hydrogen) atoms. The van der Waals surface area contributed by atoms with Gasteiger partial charge in [-0.25, -0.2) is 23.5 Å². The molecule has 1 atom stereocenters. The van der Waals surface area contributed by atoms with Gasteiger partial charge in [-0.2, -0.15) is 0 Å². The van der Waals surface area contributed by atoms with Gasteiger partial charge in [-0.15, -0.1) is 0 Å². The summed E-state index contributed by atoms with van der Waals surface area (Å²) in [5.41, 5.74) is 0.307. The smallest absolute Gasteiger partial charge is 0.352 e. The zero-order valence-corrected chi connectivity index (χ0v) is 16.8. The minimum absolute atomic E-state index is 0.128. The van der Waals surface area contributed by atoms with Gasteiger partial charge in [0, 0.05) is 5.56 Å². The highest BCUT2D eigenvalue weighted by Crippen LogP contribution is 2.51. The predicted molar refractivity (Wildman–Crippen MR) is 110 cm³/mol. The molecule has 2 aliphatic heterocycles. The van der Waals surface area contributed by atoms with E-state index in [4.69, 9.17) is 9.47 Å². The second kappa shape index (κ2) is 6.16. The molecular formula is C22H21N3O5. The van der Waals surface area contributed by atoms with Gasteiger partial charge in [0.2, 0.25) is 5.75 Å². The van der Waals surface area contributed by atoms with E-state index in [9.17, 15) is 14.7 Å². The van der Waals surface area contributed by atoms with Crippen LogP contribution in [0.25, 0.3) is 5.69 Å². The summed E-state index contributed by atoms with van der Waals surface area (Å²) in [6.07, 6.45) is 1.92. The molecule has 3 heterocycles. The van der Waals surface area contributed by atoms with Gasteiger partial charge in [-0.05, 0) is 43.7 Å². The van der Waals surface area contributed by atoms with Crippen LogP contribution in [0.3, 0.4) is 0 Å². The Morgan fingerprint density at radius 2 is 1.83 bits per heavy atom. The lowest BCUT2D eigenvalue weighted by Crippen LogP contribution is -2.46. The van der Waals surface area contributed by atoms with Crippen molar-refractivity contribution >= 4 is 0 Å². The Morgan fingerprint density at radius 1 is 1.10 bits per heavy atom. The van der Waals surface area contributed by atoms with E-state index in [-0.39, 0.29) is 23.8 Å². The first kappa shape index (κ1) is 18.4. The summed E-state index contributed by atoms with van der Waals surface area (Å²) in [7, 11) is 1.46. The van der Waals surface area contributed by atoms with Crippen LogP contribution in [0.4, 0.5) is 0 Å². The molecule has 1 unspecified atom stereocenters. The van der Waals surface area contributed by atoms with Crippen molar-refractivity contribution in [3.05, 3.63) is 80.6 Å². The maximum atomic E-state index is 13.5. The highest BCUT2D eigenvalue weighted by atomic mass is 16.5. The molecule has 8 nitrogen and oxygen atoms in total. The third-order valence-electron chi connectivity index (χ3n) is 5.79. The zero-order valence-electron chi connectivity index (χ0n) is 16.8. The first-order chi connectivity index (χ1) is 14.3. The third kappa shape index (κ3) is 2.33. The summed E-state index contributed by atoms with van der Waals surface area (Å²) < 4.78 is 15.4. The van der Waals surface area contributed by atoms with E-state index >= 15 is 0 Å². The number of fused-ring (bicyclic) bond motifs is 5. The van der Waals surface area contributed by atoms with Crippen molar-refractivity contribution < 1.29 is 14.6 Å². The Morgan fingerprint density at radius 3 is 2.53 bits per heavy atom. The van der Waals surface area contributed by atoms with Crippen molar-refractivity contribution in [1.29, 1.82) is 0 Å². The van der Waals surface area contributed by atoms with Gasteiger partial charge < -0.3 is 14.6 Å². The molecule has 2 aromatic carbocycles. The lowest BCUT2D eigenvalue weighted by atomic mass is 9.83. The first-order valence-electron chi connectivity index (χ1n) is 9.64. The number of para-hydroxylation sites is 1. The number of hydrogen-bond donors (Lipinski definition) is 1. The van der Waals surface area contributed by atoms with Gasteiger partial charge in [0.1, 0.15) is 11.6 Å². The van der Waals surface area contributed by atoms with Crippen molar-refractivity contribution in [2.45, 2.75) is 32.0 Å². The summed E-state index contributed by atoms with van der Waals surface area (Å²) in [5.74, 6) is 0.401. The topological polar surface area (TPSA) is 87.6 Å². The number of phenols is 1. The number of phenolic OH excluding ortho intramolecular Hbond substituents is 1. The molecule has 3 aromatic rings. The highest BCUT2D eigenvalue weighted by Gasteiger charge is 2.45. The minimum Gasteiger partial charge on any atom is -0.502 e. The van der Waals surface area contributed by atoms with Crippen LogP contribution in [0, 0.1) is 0 Å². The van der Waals surface area contributed by atoms with Gasteiger partial charge in [0.15, 0.2) is 11.5 Å². The Hall–Kier alpha value is -3.68. The van der Waals surface area contributed by atoms with Crippen molar-refractivity contribution in [2.24, 2.45) is 0 Å². The van der Waals surface area contributed by atoms with Crippen molar-refractivity contribution in [2.75, 3.05) is 7.11 Å². The minimum atomic E-state index is -0.795. The number of rotatable bonds is 2. The van der Waals surface area contributed by atoms with Crippen LogP contribution >= 0.6 is 0 Å². The lowest BCUT2D eigenvalue weighted by molar-refractivity contribution is 0.107. The molecule has 0 fully saturated rings. The normalized spacial score (nSPS) is 18.5. The van der Waals surface area contributed by atoms with Crippen molar-refractivity contribution in [3.8, 4) is 22.9 Å². The molecule has 0 bridgehead atoms. The van der Waals surface area contributed by atoms with Crippen molar-refractivity contribution in [3.63, 3.8) is 0 Å². The second-order valence-electron chi connectivity index (χ2n) is 7.87. The van der Waals surface area contributed by atoms with Gasteiger partial charge in [-0.1, -0.05) is 24.3 Å². The number of aromatic nitrogens is 3. The van der Waals surface area contributed by atoms with E-state index in [0.29, 0.717) is 11.3 Å². The lowest BCUT2D eigenvalue weighted by Gasteiger charge is -2.42. The number of allylic oxidation sites excluding steroid dienone is 1. The second-order valence-corrected chi connectivity index (χ2v) is 7.87. The van der Waals surface area contributed by atoms with Crippen LogP contribution in [0.15, 0.2) is 63.7 Å². The molecule has 1 N–H and O–H groups in total. The van der Waals surface area contributed by atoms with Gasteiger partial charge in [0.05, 0.1) is 19.3 Å². The Labute approximate surface area is 171 Å². The molecule has 2 aliphatic rings. The average molecular weight is 407 g/mol. The number of hydrogen-bond acceptors (Lipinski definition) is 5. The maximum Gasteiger partial charge on any atom is 0.352 e. The molecule has 154 valence electrons. The van der Waals surface area contributed by atoms with Crippen molar-refractivity contribution in [1.82, 2.24) is 13.9 Å². The molecule has 0 spiro atoms. The predicted octanol–water partition coefficient (Wildman–Crippen LogP) is 2.22. The molecule has 0 aliphatic carbocycles. The fraction of sp³-hybridized carbons (Fsp3) is 0.273. The molecule has 0 saturated carbocycles. The number of nitrogens with zero attached hydrogens (tertiary/aromatic N) is 3. The molecule has 0 amide bonds. The van der Waals surface area contributed by atoms with E-state index in [2.05, 4.69) is 0 Å². The number of benzene rings is 2. The summed E-state index contributed by atoms with van der Waals surface area (Å²) in [6, 6.07) is 11.6. The summed E-state index contributed by atoms with van der Waals surface area (Å²) in [6.45, 7) is 4.01. The zero-order chi connectivity index (χ0) is 21.2. The molecular weight excluding hydrogens is 386 g/mol. The van der Waals surface area contributed by atoms with Crippen LogP contribution in [0.5, 0.6) is 17.2 Å². The molecule has 5 rings (SSSR count). The quantitative estimate of drug-likeness (QED) is 0.658. The number of ether oxygens (including phenoxy) is 2. The Bertz CT molecular complexity index is 1310. The van der Waals surface area contributed by atoms with Crippen LogP contribution in [-0.2, 0) is 6.54 Å². The standard InChI is InChI=1S/C22H21N3O5/c1-22(2)15-11-12-23-20(27)24(13-7-5-4-6-8-13)21(28)25(23)17(15)14-9-10-16(29-3)18(26)19(14)30-22/h4-11,17,26H,12H2,1-3H3. The fourth-order valence-corrected chi connectivity index (χ4v) is 4.38. The monoisotopic (exact) mass is 407 g/mol. The van der Waals surface area contributed by atoms with Gasteiger partial charge in [0.25, 0.3) is 0 Å². The number of aromatic hydroxyl groups is 1. The van der Waals surface area contributed by atoms with E-state index in [1.54, 1.807) is 36.4 Å². The van der Waals surface area contributed by atoms with E-state index < -0.39 is 23.0 Å². The Kier molecular flexibility index (Phi) is 3.77. The summed E-state index contributed by atoms with van der Waals surface area (Å²) in [4.78, 5) is 26.6. The molecule has 8 heteroatoms. The van der Waals surface area contributed by atoms with Gasteiger partial charge >= 0.3 is 11.4 Å². The van der Waals surface area contributed by atoms with E-state index in [0.717, 1.165) is 5.57 Å². The van der Waals surface area contributed by atoms with Crippen LogP contribution in [-0.4, -0.2) is 31.7 Å². The van der Waals surface area contributed by atoms with Gasteiger partial charge in [-0.3, -0.25) is 0 Å². The van der Waals surface area contributed by atoms with E-state index in [1.165, 1.54) is 21.0 Å². The SMILES string of the molecule is COc1ccc2c(c1O)OC(C)(C)C1=CCn3c(=O)n(-c4ccccc4)c(=O)n3C12. The van der Waals surface area contributed by atoms with Crippen LogP contribution in [0.2, 0.25) is 0 Å². The van der Waals surface area contributed by atoms with Crippen LogP contribution < -0.4 is 20.9 Å². The molecule has 0 radical (unpaired) electrons. The van der Waals surface area contributed by atoms with Crippen LogP contribution in [0.1, 0.15) is 25.5 Å². The highest BCUT2D eigenvalue weighted by molar-refractivity contribution is 5.60. The fourth-order valence-electron chi connectivity index (χ4n) is 4.38. The third-order valence-corrected chi connectivity index (χ3v) is 5.79. The molecule has 0 saturated heterocycles. The average Bonchev–Trinajstić information content (AvgIpc) is 2.99. The Balaban J connectivity index is 1.81. The first-order valence-corrected chi connectivity index (χ1v) is 9.64. The largest absolute Gasteiger partial charge is 0.502 e. The maximum absolute atomic E-state index is 13.5. The molecule has 1 aromatic heterocycles. The van der Waals surface area contributed by atoms with E-state index in [1.807, 2.05) is 26.0 Å². The summed E-state index contributed by atoms with van der Waals surface area (Å²) in [5, 5.41) is 10.7. The summed E-state index contributed by atoms with van der Waals surface area (Å²) >= 11 is 0.